The Labute approximate surface area is 106 Å². The number of benzene rings is 1. The summed E-state index contributed by atoms with van der Waals surface area (Å²) in [7, 11) is 3.31. The molecule has 1 rings (SSSR count). The molecule has 0 radical (unpaired) electrons. The Morgan fingerprint density at radius 2 is 2.06 bits per heavy atom. The largest absolute Gasteiger partial charge is 0.349 e. The number of hydrogen-bond acceptors (Lipinski definition) is 2. The van der Waals surface area contributed by atoms with Gasteiger partial charge in [0.05, 0.1) is 5.92 Å². The molecule has 1 atom stereocenters. The predicted molar refractivity (Wildman–Crippen MR) is 66.3 cm³/mol. The van der Waals surface area contributed by atoms with Crippen LogP contribution < -0.4 is 5.73 Å². The SMILES string of the molecule is CN(C)C(=O)C(CN)Cc1cccc(C(F)F)c1. The lowest BCUT2D eigenvalue weighted by Crippen LogP contribution is -2.35. The van der Waals surface area contributed by atoms with Gasteiger partial charge in [-0.2, -0.15) is 0 Å². The van der Waals surface area contributed by atoms with E-state index in [4.69, 9.17) is 5.73 Å². The lowest BCUT2D eigenvalue weighted by molar-refractivity contribution is -0.132. The molecule has 0 bridgehead atoms. The average molecular weight is 256 g/mol. The van der Waals surface area contributed by atoms with Crippen LogP contribution in [0.4, 0.5) is 8.78 Å². The highest BCUT2D eigenvalue weighted by molar-refractivity contribution is 5.78. The van der Waals surface area contributed by atoms with Crippen LogP contribution in [0, 0.1) is 5.92 Å². The first-order valence-corrected chi connectivity index (χ1v) is 5.74. The number of carbonyl (C=O) groups is 1. The summed E-state index contributed by atoms with van der Waals surface area (Å²) in [6.45, 7) is 0.204. The van der Waals surface area contributed by atoms with Crippen molar-refractivity contribution in [2.75, 3.05) is 20.6 Å². The molecule has 100 valence electrons. The van der Waals surface area contributed by atoms with Crippen LogP contribution >= 0.6 is 0 Å². The van der Waals surface area contributed by atoms with Crippen molar-refractivity contribution in [1.82, 2.24) is 4.90 Å². The van der Waals surface area contributed by atoms with Crippen molar-refractivity contribution in [3.63, 3.8) is 0 Å². The van der Waals surface area contributed by atoms with Crippen LogP contribution in [0.1, 0.15) is 17.6 Å². The molecule has 0 heterocycles. The minimum Gasteiger partial charge on any atom is -0.349 e. The standard InChI is InChI=1S/C13H18F2N2O/c1-17(2)13(18)11(8-16)7-9-4-3-5-10(6-9)12(14)15/h3-6,11-12H,7-8,16H2,1-2H3. The number of nitrogens with zero attached hydrogens (tertiary/aromatic N) is 1. The van der Waals surface area contributed by atoms with E-state index in [9.17, 15) is 13.6 Å². The van der Waals surface area contributed by atoms with Crippen LogP contribution in [0.3, 0.4) is 0 Å². The van der Waals surface area contributed by atoms with Crippen molar-refractivity contribution < 1.29 is 13.6 Å². The predicted octanol–water partition coefficient (Wildman–Crippen LogP) is 1.83. The third kappa shape index (κ3) is 3.77. The fourth-order valence-electron chi connectivity index (χ4n) is 1.78. The van der Waals surface area contributed by atoms with E-state index in [1.807, 2.05) is 0 Å². The minimum atomic E-state index is -2.49. The quantitative estimate of drug-likeness (QED) is 0.873. The second-order valence-electron chi connectivity index (χ2n) is 4.42. The van der Waals surface area contributed by atoms with Crippen LogP contribution in [0.15, 0.2) is 24.3 Å². The first-order valence-electron chi connectivity index (χ1n) is 5.74. The zero-order chi connectivity index (χ0) is 13.7. The first kappa shape index (κ1) is 14.6. The van der Waals surface area contributed by atoms with E-state index in [2.05, 4.69) is 0 Å². The third-order valence-corrected chi connectivity index (χ3v) is 2.76. The molecule has 0 spiro atoms. The highest BCUT2D eigenvalue weighted by atomic mass is 19.3. The molecule has 18 heavy (non-hydrogen) atoms. The van der Waals surface area contributed by atoms with Gasteiger partial charge in [0.25, 0.3) is 6.43 Å². The van der Waals surface area contributed by atoms with E-state index in [1.165, 1.54) is 17.0 Å². The lowest BCUT2D eigenvalue weighted by Gasteiger charge is -2.19. The monoisotopic (exact) mass is 256 g/mol. The van der Waals surface area contributed by atoms with E-state index >= 15 is 0 Å². The maximum Gasteiger partial charge on any atom is 0.263 e. The van der Waals surface area contributed by atoms with Gasteiger partial charge < -0.3 is 10.6 Å². The molecular weight excluding hydrogens is 238 g/mol. The minimum absolute atomic E-state index is 0.0272. The second kappa shape index (κ2) is 6.44. The molecule has 0 saturated carbocycles. The molecule has 3 nitrogen and oxygen atoms in total. The summed E-state index contributed by atoms with van der Waals surface area (Å²) >= 11 is 0. The van der Waals surface area contributed by atoms with Gasteiger partial charge >= 0.3 is 0 Å². The maximum atomic E-state index is 12.6. The summed E-state index contributed by atoms with van der Waals surface area (Å²) in [6.07, 6.45) is -2.11. The number of halogens is 2. The fourth-order valence-corrected chi connectivity index (χ4v) is 1.78. The molecule has 5 heteroatoms. The average Bonchev–Trinajstić information content (AvgIpc) is 2.35. The molecule has 0 aromatic heterocycles. The molecule has 1 unspecified atom stereocenters. The zero-order valence-corrected chi connectivity index (χ0v) is 10.6. The van der Waals surface area contributed by atoms with E-state index in [1.54, 1.807) is 26.2 Å². The molecular formula is C13H18F2N2O. The topological polar surface area (TPSA) is 46.3 Å². The van der Waals surface area contributed by atoms with Crippen LogP contribution in [-0.4, -0.2) is 31.4 Å². The van der Waals surface area contributed by atoms with Gasteiger partial charge in [-0.1, -0.05) is 24.3 Å². The first-order chi connectivity index (χ1) is 8.45. The Hall–Kier alpha value is -1.49. The van der Waals surface area contributed by atoms with Crippen molar-refractivity contribution in [3.05, 3.63) is 35.4 Å². The Morgan fingerprint density at radius 3 is 2.56 bits per heavy atom. The summed E-state index contributed by atoms with van der Waals surface area (Å²) < 4.78 is 25.1. The van der Waals surface area contributed by atoms with Gasteiger partial charge in [0.1, 0.15) is 0 Å². The van der Waals surface area contributed by atoms with E-state index in [-0.39, 0.29) is 23.9 Å². The molecule has 0 aliphatic heterocycles. The van der Waals surface area contributed by atoms with Gasteiger partial charge in [-0.25, -0.2) is 8.78 Å². The zero-order valence-electron chi connectivity index (χ0n) is 10.6. The Morgan fingerprint density at radius 1 is 1.39 bits per heavy atom. The smallest absolute Gasteiger partial charge is 0.263 e. The second-order valence-corrected chi connectivity index (χ2v) is 4.42. The Bertz CT molecular complexity index is 408. The molecule has 1 aromatic rings. The van der Waals surface area contributed by atoms with Gasteiger partial charge in [0.2, 0.25) is 5.91 Å². The number of nitrogens with two attached hydrogens (primary N) is 1. The number of rotatable bonds is 5. The number of carbonyl (C=O) groups excluding carboxylic acids is 1. The van der Waals surface area contributed by atoms with Crippen LogP contribution in [0.25, 0.3) is 0 Å². The van der Waals surface area contributed by atoms with E-state index < -0.39 is 6.43 Å². The van der Waals surface area contributed by atoms with Crippen molar-refractivity contribution in [2.45, 2.75) is 12.8 Å². The van der Waals surface area contributed by atoms with Gasteiger partial charge in [0.15, 0.2) is 0 Å². The summed E-state index contributed by atoms with van der Waals surface area (Å²) in [5, 5.41) is 0. The molecule has 0 saturated heterocycles. The van der Waals surface area contributed by atoms with Gasteiger partial charge in [-0.3, -0.25) is 4.79 Å². The molecule has 0 fully saturated rings. The normalized spacial score (nSPS) is 12.6. The number of alkyl halides is 2. The molecule has 1 aromatic carbocycles. The van der Waals surface area contributed by atoms with E-state index in [0.717, 1.165) is 0 Å². The summed E-state index contributed by atoms with van der Waals surface area (Å²) in [5.41, 5.74) is 6.24. The van der Waals surface area contributed by atoms with Crippen LogP contribution in [-0.2, 0) is 11.2 Å². The molecule has 2 N–H and O–H groups in total. The number of amides is 1. The number of hydrogen-bond donors (Lipinski definition) is 1. The van der Waals surface area contributed by atoms with Crippen molar-refractivity contribution >= 4 is 5.91 Å². The van der Waals surface area contributed by atoms with Gasteiger partial charge in [-0.05, 0) is 12.0 Å². The van der Waals surface area contributed by atoms with Gasteiger partial charge in [-0.15, -0.1) is 0 Å². The highest BCUT2D eigenvalue weighted by Crippen LogP contribution is 2.21. The molecule has 0 aliphatic rings. The highest BCUT2D eigenvalue weighted by Gasteiger charge is 2.19. The van der Waals surface area contributed by atoms with Gasteiger partial charge in [0, 0.05) is 26.2 Å². The summed E-state index contributed by atoms with van der Waals surface area (Å²) in [6, 6.07) is 6.11. The van der Waals surface area contributed by atoms with Crippen molar-refractivity contribution in [3.8, 4) is 0 Å². The fraction of sp³-hybridized carbons (Fsp3) is 0.462. The third-order valence-electron chi connectivity index (χ3n) is 2.76. The van der Waals surface area contributed by atoms with E-state index in [0.29, 0.717) is 12.0 Å². The molecule has 1 amide bonds. The Balaban J connectivity index is 2.82. The van der Waals surface area contributed by atoms with Crippen LogP contribution in [0.2, 0.25) is 0 Å². The lowest BCUT2D eigenvalue weighted by atomic mass is 9.97. The summed E-state index contributed by atoms with van der Waals surface area (Å²) in [4.78, 5) is 13.3. The molecule has 0 aliphatic carbocycles. The van der Waals surface area contributed by atoms with Crippen molar-refractivity contribution in [2.24, 2.45) is 11.7 Å². The van der Waals surface area contributed by atoms with Crippen LogP contribution in [0.5, 0.6) is 0 Å². The summed E-state index contributed by atoms with van der Waals surface area (Å²) in [5.74, 6) is -0.451. The Kier molecular flexibility index (Phi) is 5.22. The van der Waals surface area contributed by atoms with Crippen molar-refractivity contribution in [1.29, 1.82) is 0 Å². The maximum absolute atomic E-state index is 12.6.